The van der Waals surface area contributed by atoms with Crippen molar-refractivity contribution < 1.29 is 42.1 Å². The van der Waals surface area contributed by atoms with Gasteiger partial charge in [-0.25, -0.2) is 0 Å². The Morgan fingerprint density at radius 3 is 1.06 bits per heavy atom. The first kappa shape index (κ1) is 78.4. The molecular weight excluding hydrogens is 1040 g/mol. The normalized spacial score (nSPS) is 14.0. The molecule has 2 atom stereocenters. The maximum atomic E-state index is 12.8. The monoisotopic (exact) mass is 1160 g/mol. The van der Waals surface area contributed by atoms with E-state index in [9.17, 15) is 19.0 Å². The Balaban J connectivity index is 4.16. The van der Waals surface area contributed by atoms with Crippen LogP contribution in [0.25, 0.3) is 0 Å². The molecule has 0 aromatic heterocycles. The minimum absolute atomic E-state index is 0.0450. The molecule has 0 aromatic carbocycles. The highest BCUT2D eigenvalue weighted by Crippen LogP contribution is 2.38. The summed E-state index contributed by atoms with van der Waals surface area (Å²) in [6.07, 6.45) is 88.5. The Morgan fingerprint density at radius 2 is 0.695 bits per heavy atom. The molecule has 0 aliphatic carbocycles. The lowest BCUT2D eigenvalue weighted by Crippen LogP contribution is -2.37. The molecule has 82 heavy (non-hydrogen) atoms. The van der Waals surface area contributed by atoms with Gasteiger partial charge in [0.05, 0.1) is 27.7 Å². The highest BCUT2D eigenvalue weighted by atomic mass is 31.2. The smallest absolute Gasteiger partial charge is 0.306 e. The number of carbonyl (C=O) groups is 2. The number of allylic oxidation sites excluding steroid dienone is 20. The van der Waals surface area contributed by atoms with E-state index in [1.165, 1.54) is 148 Å². The largest absolute Gasteiger partial charge is 0.756 e. The highest BCUT2D eigenvalue weighted by molar-refractivity contribution is 7.45. The Labute approximate surface area is 505 Å². The zero-order valence-corrected chi connectivity index (χ0v) is 54.3. The summed E-state index contributed by atoms with van der Waals surface area (Å²) >= 11 is 0. The molecule has 470 valence electrons. The maximum absolute atomic E-state index is 12.8. The number of quaternary nitrogens is 1. The lowest BCUT2D eigenvalue weighted by atomic mass is 10.0. The third-order valence-electron chi connectivity index (χ3n) is 14.0. The predicted octanol–water partition coefficient (Wildman–Crippen LogP) is 20.9. The van der Waals surface area contributed by atoms with E-state index in [1.54, 1.807) is 0 Å². The summed E-state index contributed by atoms with van der Waals surface area (Å²) in [5.74, 6) is -0.885. The predicted molar refractivity (Wildman–Crippen MR) is 351 cm³/mol. The lowest BCUT2D eigenvalue weighted by molar-refractivity contribution is -0.870. The second kappa shape index (κ2) is 62.0. The van der Waals surface area contributed by atoms with Gasteiger partial charge in [0.1, 0.15) is 19.8 Å². The molecular formula is C72H124NO8P. The van der Waals surface area contributed by atoms with Crippen molar-refractivity contribution in [2.45, 2.75) is 277 Å². The molecule has 0 saturated heterocycles. The van der Waals surface area contributed by atoms with Crippen LogP contribution in [0, 0.1) is 0 Å². The summed E-state index contributed by atoms with van der Waals surface area (Å²) in [6, 6.07) is 0. The molecule has 0 fully saturated rings. The van der Waals surface area contributed by atoms with E-state index in [4.69, 9.17) is 18.5 Å². The van der Waals surface area contributed by atoms with Crippen molar-refractivity contribution in [3.05, 3.63) is 122 Å². The first-order valence-electron chi connectivity index (χ1n) is 33.2. The number of nitrogens with zero attached hydrogens (tertiary/aromatic N) is 1. The molecule has 0 aromatic rings. The van der Waals surface area contributed by atoms with Crippen molar-refractivity contribution in [2.75, 3.05) is 47.5 Å². The SMILES string of the molecule is CC/C=C\C/C=C\C/C=C\C/C=C\C/C=C\C/C=C\C/C=C\C/C=C\CCCCC(=O)OC(COC(=O)CCCCCCCCCCCCCCCCCCCCC/C=C\C/C=C\CCCCCCC)COP(=O)([O-])OCC[N+](C)(C)C. The number of rotatable bonds is 60. The fourth-order valence-corrected chi connectivity index (χ4v) is 9.61. The van der Waals surface area contributed by atoms with E-state index < -0.39 is 32.5 Å². The third-order valence-corrected chi connectivity index (χ3v) is 14.9. The van der Waals surface area contributed by atoms with Crippen LogP contribution >= 0.6 is 7.82 Å². The molecule has 9 nitrogen and oxygen atoms in total. The van der Waals surface area contributed by atoms with Gasteiger partial charge in [-0.15, -0.1) is 0 Å². The molecule has 0 rings (SSSR count). The fraction of sp³-hybridized carbons (Fsp3) is 0.694. The van der Waals surface area contributed by atoms with Crippen LogP contribution in [0.5, 0.6) is 0 Å². The molecule has 0 radical (unpaired) electrons. The van der Waals surface area contributed by atoms with Crippen molar-refractivity contribution >= 4 is 19.8 Å². The number of hydrogen-bond acceptors (Lipinski definition) is 8. The van der Waals surface area contributed by atoms with Crippen molar-refractivity contribution in [3.63, 3.8) is 0 Å². The van der Waals surface area contributed by atoms with E-state index >= 15 is 0 Å². The van der Waals surface area contributed by atoms with E-state index in [0.29, 0.717) is 17.4 Å². The highest BCUT2D eigenvalue weighted by Gasteiger charge is 2.22. The van der Waals surface area contributed by atoms with Gasteiger partial charge in [-0.2, -0.15) is 0 Å². The molecule has 0 saturated carbocycles. The summed E-state index contributed by atoms with van der Waals surface area (Å²) < 4.78 is 34.2. The Morgan fingerprint density at radius 1 is 0.390 bits per heavy atom. The standard InChI is InChI=1S/C72H124NO8P/c1-6-8-10-12-14-16-18-20-22-24-26-28-30-32-34-35-36-37-39-40-42-44-46-48-50-52-54-56-58-60-62-64-71(74)78-68-70(69-80-82(76,77)79-67-66-73(3,4)5)81-72(75)65-63-61-59-57-55-53-51-49-47-45-43-41-38-33-31-29-27-25-23-21-19-17-15-13-11-9-7-2/h9,11,15,17-18,20-21,23-24,26-27,29,33,38,43,45,49,51,55,57,70H,6-8,10,12-14,16,19,22,25,28,30-32,34-37,39-42,44,46-48,50,52-54,56,58-69H2,1-5H3/b11-9-,17-15-,20-18-,23-21-,26-24-,29-27-,38-33-,45-43-,51-49-,57-55-. The van der Waals surface area contributed by atoms with Gasteiger partial charge in [0, 0.05) is 12.8 Å². The number of likely N-dealkylation sites (N-methyl/N-ethyl adjacent to an activating group) is 1. The van der Waals surface area contributed by atoms with E-state index in [0.717, 1.165) is 89.9 Å². The maximum Gasteiger partial charge on any atom is 0.306 e. The van der Waals surface area contributed by atoms with Crippen molar-refractivity contribution in [1.29, 1.82) is 0 Å². The van der Waals surface area contributed by atoms with Gasteiger partial charge in [0.2, 0.25) is 0 Å². The minimum Gasteiger partial charge on any atom is -0.756 e. The average Bonchev–Trinajstić information content (AvgIpc) is 3.46. The summed E-state index contributed by atoms with van der Waals surface area (Å²) in [5, 5.41) is 0. The zero-order chi connectivity index (χ0) is 59.8. The number of unbranched alkanes of at least 4 members (excludes halogenated alkanes) is 26. The Hall–Kier alpha value is -3.59. The number of esters is 2. The zero-order valence-electron chi connectivity index (χ0n) is 53.4. The van der Waals surface area contributed by atoms with Crippen LogP contribution in [0.3, 0.4) is 0 Å². The summed E-state index contributed by atoms with van der Waals surface area (Å²) in [4.78, 5) is 38.0. The molecule has 0 aliphatic heterocycles. The quantitative estimate of drug-likeness (QED) is 0.0195. The van der Waals surface area contributed by atoms with Crippen molar-refractivity contribution in [3.8, 4) is 0 Å². The molecule has 0 amide bonds. The Kier molecular flexibility index (Phi) is 59.2. The molecule has 2 unspecified atom stereocenters. The molecule has 0 bridgehead atoms. The van der Waals surface area contributed by atoms with Gasteiger partial charge < -0.3 is 27.9 Å². The van der Waals surface area contributed by atoms with E-state index in [1.807, 2.05) is 21.1 Å². The fourth-order valence-electron chi connectivity index (χ4n) is 8.88. The molecule has 0 heterocycles. The summed E-state index contributed by atoms with van der Waals surface area (Å²) in [5.41, 5.74) is 0. The number of ether oxygens (including phenoxy) is 2. The van der Waals surface area contributed by atoms with Crippen LogP contribution in [0.2, 0.25) is 0 Å². The van der Waals surface area contributed by atoms with E-state index in [-0.39, 0.29) is 26.1 Å². The first-order chi connectivity index (χ1) is 40.0. The minimum atomic E-state index is -4.66. The van der Waals surface area contributed by atoms with Crippen LogP contribution in [0.15, 0.2) is 122 Å². The van der Waals surface area contributed by atoms with Crippen LogP contribution in [0.1, 0.15) is 271 Å². The van der Waals surface area contributed by atoms with Crippen LogP contribution in [-0.4, -0.2) is 70.0 Å². The van der Waals surface area contributed by atoms with Crippen LogP contribution in [0.4, 0.5) is 0 Å². The van der Waals surface area contributed by atoms with Gasteiger partial charge in [-0.05, 0) is 109 Å². The van der Waals surface area contributed by atoms with Crippen molar-refractivity contribution in [1.82, 2.24) is 0 Å². The van der Waals surface area contributed by atoms with Crippen LogP contribution < -0.4 is 4.89 Å². The summed E-state index contributed by atoms with van der Waals surface area (Å²) in [7, 11) is 1.13. The number of phosphoric acid groups is 1. The first-order valence-corrected chi connectivity index (χ1v) is 34.7. The van der Waals surface area contributed by atoms with E-state index in [2.05, 4.69) is 135 Å². The third kappa shape index (κ3) is 65.6. The summed E-state index contributed by atoms with van der Waals surface area (Å²) in [6.45, 7) is 4.07. The number of phosphoric ester groups is 1. The van der Waals surface area contributed by atoms with Gasteiger partial charge in [0.15, 0.2) is 6.10 Å². The molecule has 0 N–H and O–H groups in total. The van der Waals surface area contributed by atoms with Crippen LogP contribution in [-0.2, 0) is 32.7 Å². The lowest BCUT2D eigenvalue weighted by Gasteiger charge is -2.28. The van der Waals surface area contributed by atoms with Gasteiger partial charge in [-0.3, -0.25) is 14.2 Å². The van der Waals surface area contributed by atoms with Gasteiger partial charge in [0.25, 0.3) is 7.82 Å². The second-order valence-electron chi connectivity index (χ2n) is 23.1. The topological polar surface area (TPSA) is 111 Å². The molecule has 0 aliphatic rings. The van der Waals surface area contributed by atoms with Gasteiger partial charge in [-0.1, -0.05) is 270 Å². The second-order valence-corrected chi connectivity index (χ2v) is 24.5. The Bertz CT molecular complexity index is 1800. The molecule has 10 heteroatoms. The van der Waals surface area contributed by atoms with Gasteiger partial charge >= 0.3 is 11.9 Å². The number of hydrogen-bond donors (Lipinski definition) is 0. The van der Waals surface area contributed by atoms with Crippen molar-refractivity contribution in [2.24, 2.45) is 0 Å². The average molecular weight is 1160 g/mol. The molecule has 0 spiro atoms. The number of carbonyl (C=O) groups excluding carboxylic acids is 2.